The fraction of sp³-hybridized carbons (Fsp3) is 0.600. The van der Waals surface area contributed by atoms with E-state index in [0.29, 0.717) is 22.2 Å². The van der Waals surface area contributed by atoms with E-state index in [1.54, 1.807) is 6.07 Å². The van der Waals surface area contributed by atoms with Gasteiger partial charge in [0.25, 0.3) is 0 Å². The SMILES string of the molecule is CC(C)NCc1cc(Cl)cc(Cl)c1OC1CCCC1. The summed E-state index contributed by atoms with van der Waals surface area (Å²) in [5.41, 5.74) is 1.04. The molecule has 2 rings (SSSR count). The van der Waals surface area contributed by atoms with Crippen LogP contribution in [0.2, 0.25) is 10.0 Å². The molecule has 0 saturated heterocycles. The third-order valence-corrected chi connectivity index (χ3v) is 3.87. The van der Waals surface area contributed by atoms with Gasteiger partial charge in [0.05, 0.1) is 11.1 Å². The van der Waals surface area contributed by atoms with Crippen LogP contribution in [0.4, 0.5) is 0 Å². The van der Waals surface area contributed by atoms with Crippen molar-refractivity contribution in [3.63, 3.8) is 0 Å². The Hall–Kier alpha value is -0.440. The van der Waals surface area contributed by atoms with Gasteiger partial charge in [-0.05, 0) is 37.8 Å². The first-order valence-electron chi connectivity index (χ1n) is 6.94. The van der Waals surface area contributed by atoms with Gasteiger partial charge in [0.15, 0.2) is 0 Å². The van der Waals surface area contributed by atoms with Gasteiger partial charge in [-0.25, -0.2) is 0 Å². The molecule has 0 atom stereocenters. The average Bonchev–Trinajstić information content (AvgIpc) is 2.83. The summed E-state index contributed by atoms with van der Waals surface area (Å²) in [6.07, 6.45) is 5.04. The van der Waals surface area contributed by atoms with Crippen molar-refractivity contribution in [1.82, 2.24) is 5.32 Å². The lowest BCUT2D eigenvalue weighted by Crippen LogP contribution is -2.23. The lowest BCUT2D eigenvalue weighted by Gasteiger charge is -2.19. The van der Waals surface area contributed by atoms with Crippen molar-refractivity contribution < 1.29 is 4.74 Å². The first-order chi connectivity index (χ1) is 9.06. The van der Waals surface area contributed by atoms with Crippen LogP contribution in [-0.4, -0.2) is 12.1 Å². The Morgan fingerprint density at radius 2 is 1.95 bits per heavy atom. The van der Waals surface area contributed by atoms with Crippen molar-refractivity contribution in [2.24, 2.45) is 0 Å². The van der Waals surface area contributed by atoms with E-state index in [-0.39, 0.29) is 0 Å². The maximum atomic E-state index is 6.29. The average molecular weight is 302 g/mol. The van der Waals surface area contributed by atoms with Gasteiger partial charge in [-0.3, -0.25) is 0 Å². The molecule has 1 aliphatic carbocycles. The van der Waals surface area contributed by atoms with E-state index in [2.05, 4.69) is 19.2 Å². The summed E-state index contributed by atoms with van der Waals surface area (Å²) in [5, 5.41) is 4.65. The topological polar surface area (TPSA) is 21.3 Å². The Balaban J connectivity index is 2.17. The van der Waals surface area contributed by atoms with Gasteiger partial charge in [0, 0.05) is 23.2 Å². The number of hydrogen-bond donors (Lipinski definition) is 1. The molecule has 0 unspecified atom stereocenters. The highest BCUT2D eigenvalue weighted by molar-refractivity contribution is 6.35. The van der Waals surface area contributed by atoms with Gasteiger partial charge in [-0.1, -0.05) is 37.0 Å². The van der Waals surface area contributed by atoms with E-state index in [1.165, 1.54) is 12.8 Å². The van der Waals surface area contributed by atoms with E-state index in [1.807, 2.05) is 6.07 Å². The van der Waals surface area contributed by atoms with E-state index in [0.717, 1.165) is 30.7 Å². The van der Waals surface area contributed by atoms with Crippen molar-refractivity contribution in [2.45, 2.75) is 58.2 Å². The van der Waals surface area contributed by atoms with Gasteiger partial charge >= 0.3 is 0 Å². The highest BCUT2D eigenvalue weighted by Gasteiger charge is 2.20. The summed E-state index contributed by atoms with van der Waals surface area (Å²) in [7, 11) is 0. The Bertz CT molecular complexity index is 428. The third-order valence-electron chi connectivity index (χ3n) is 3.37. The summed E-state index contributed by atoms with van der Waals surface area (Å²) in [6, 6.07) is 4.11. The number of nitrogens with one attached hydrogen (secondary N) is 1. The minimum atomic E-state index is 0.302. The molecule has 4 heteroatoms. The van der Waals surface area contributed by atoms with Crippen molar-refractivity contribution in [3.05, 3.63) is 27.7 Å². The van der Waals surface area contributed by atoms with E-state index < -0.39 is 0 Å². The lowest BCUT2D eigenvalue weighted by molar-refractivity contribution is 0.207. The predicted molar refractivity (Wildman–Crippen MR) is 81.3 cm³/mol. The first-order valence-corrected chi connectivity index (χ1v) is 7.70. The maximum Gasteiger partial charge on any atom is 0.142 e. The number of hydrogen-bond acceptors (Lipinski definition) is 2. The fourth-order valence-corrected chi connectivity index (χ4v) is 2.94. The molecule has 1 N–H and O–H groups in total. The van der Waals surface area contributed by atoms with Crippen LogP contribution in [0.3, 0.4) is 0 Å². The van der Waals surface area contributed by atoms with E-state index in [9.17, 15) is 0 Å². The number of ether oxygens (including phenoxy) is 1. The van der Waals surface area contributed by atoms with Crippen LogP contribution in [0.15, 0.2) is 12.1 Å². The summed E-state index contributed by atoms with van der Waals surface area (Å²) in [6.45, 7) is 4.95. The molecule has 106 valence electrons. The zero-order chi connectivity index (χ0) is 13.8. The van der Waals surface area contributed by atoms with Crippen LogP contribution >= 0.6 is 23.2 Å². The molecule has 1 saturated carbocycles. The normalized spacial score (nSPS) is 16.3. The molecule has 2 nitrogen and oxygen atoms in total. The zero-order valence-corrected chi connectivity index (χ0v) is 13.0. The molecular weight excluding hydrogens is 281 g/mol. The molecule has 0 radical (unpaired) electrons. The van der Waals surface area contributed by atoms with Crippen molar-refractivity contribution in [3.8, 4) is 5.75 Å². The molecule has 1 aromatic carbocycles. The van der Waals surface area contributed by atoms with Gasteiger partial charge in [0.2, 0.25) is 0 Å². The van der Waals surface area contributed by atoms with E-state index in [4.69, 9.17) is 27.9 Å². The molecule has 0 aromatic heterocycles. The predicted octanol–water partition coefficient (Wildman–Crippen LogP) is 4.81. The molecule has 19 heavy (non-hydrogen) atoms. The first kappa shape index (κ1) is 15.0. The molecule has 0 spiro atoms. The molecule has 1 aliphatic rings. The van der Waals surface area contributed by atoms with Gasteiger partial charge in [-0.15, -0.1) is 0 Å². The van der Waals surface area contributed by atoms with Crippen molar-refractivity contribution in [1.29, 1.82) is 0 Å². The summed E-state index contributed by atoms with van der Waals surface area (Å²) in [4.78, 5) is 0. The number of benzene rings is 1. The molecule has 0 heterocycles. The molecule has 0 amide bonds. The Morgan fingerprint density at radius 1 is 1.26 bits per heavy atom. The second-order valence-corrected chi connectivity index (χ2v) is 6.28. The number of rotatable bonds is 5. The minimum Gasteiger partial charge on any atom is -0.489 e. The van der Waals surface area contributed by atoms with Gasteiger partial charge in [0.1, 0.15) is 5.75 Å². The number of halogens is 2. The maximum absolute atomic E-state index is 6.29. The van der Waals surface area contributed by atoms with Crippen molar-refractivity contribution >= 4 is 23.2 Å². The van der Waals surface area contributed by atoms with Crippen LogP contribution in [0.1, 0.15) is 45.1 Å². The van der Waals surface area contributed by atoms with Gasteiger partial charge in [-0.2, -0.15) is 0 Å². The smallest absolute Gasteiger partial charge is 0.142 e. The van der Waals surface area contributed by atoms with Crippen LogP contribution in [0, 0.1) is 0 Å². The fourth-order valence-electron chi connectivity index (χ4n) is 2.36. The van der Waals surface area contributed by atoms with Crippen LogP contribution < -0.4 is 10.1 Å². The van der Waals surface area contributed by atoms with Crippen LogP contribution in [0.5, 0.6) is 5.75 Å². The standard InChI is InChI=1S/C15H21Cl2NO/c1-10(2)18-9-11-7-12(16)8-14(17)15(11)19-13-5-3-4-6-13/h7-8,10,13,18H,3-6,9H2,1-2H3. The summed E-state index contributed by atoms with van der Waals surface area (Å²) < 4.78 is 6.09. The molecular formula is C15H21Cl2NO. The summed E-state index contributed by atoms with van der Waals surface area (Å²) in [5.74, 6) is 0.797. The second-order valence-electron chi connectivity index (χ2n) is 5.44. The quantitative estimate of drug-likeness (QED) is 0.842. The Morgan fingerprint density at radius 3 is 2.58 bits per heavy atom. The highest BCUT2D eigenvalue weighted by atomic mass is 35.5. The largest absolute Gasteiger partial charge is 0.489 e. The zero-order valence-electron chi connectivity index (χ0n) is 11.5. The van der Waals surface area contributed by atoms with Crippen LogP contribution in [0.25, 0.3) is 0 Å². The summed E-state index contributed by atoms with van der Waals surface area (Å²) >= 11 is 12.4. The van der Waals surface area contributed by atoms with Crippen molar-refractivity contribution in [2.75, 3.05) is 0 Å². The van der Waals surface area contributed by atoms with Gasteiger partial charge < -0.3 is 10.1 Å². The molecule has 1 aromatic rings. The third kappa shape index (κ3) is 4.27. The second kappa shape index (κ2) is 6.83. The monoisotopic (exact) mass is 301 g/mol. The van der Waals surface area contributed by atoms with Crippen LogP contribution in [-0.2, 0) is 6.54 Å². The Kier molecular flexibility index (Phi) is 5.37. The minimum absolute atomic E-state index is 0.302. The molecule has 0 bridgehead atoms. The Labute approximate surface area is 125 Å². The molecule has 1 fully saturated rings. The van der Waals surface area contributed by atoms with E-state index >= 15 is 0 Å². The lowest BCUT2D eigenvalue weighted by atomic mass is 10.1. The molecule has 0 aliphatic heterocycles. The highest BCUT2D eigenvalue weighted by Crippen LogP contribution is 2.35.